The predicted molar refractivity (Wildman–Crippen MR) is 83.3 cm³/mol. The van der Waals surface area contributed by atoms with Crippen molar-refractivity contribution in [3.63, 3.8) is 0 Å². The fourth-order valence-corrected chi connectivity index (χ4v) is 4.47. The van der Waals surface area contributed by atoms with Crippen LogP contribution in [-0.2, 0) is 0 Å². The van der Waals surface area contributed by atoms with E-state index in [0.717, 1.165) is 17.6 Å². The third kappa shape index (κ3) is 2.78. The monoisotopic (exact) mass is 340 g/mol. The molecular weight excluding hydrogens is 319 g/mol. The Labute approximate surface area is 128 Å². The Morgan fingerprint density at radius 3 is 2.90 bits per heavy atom. The van der Waals surface area contributed by atoms with Crippen molar-refractivity contribution in [2.24, 2.45) is 0 Å². The molecule has 110 valence electrons. The van der Waals surface area contributed by atoms with Crippen LogP contribution in [0.4, 0.5) is 4.39 Å². The van der Waals surface area contributed by atoms with Crippen LogP contribution < -0.4 is 5.32 Å². The number of hydrogen-bond acceptors (Lipinski definition) is 2. The van der Waals surface area contributed by atoms with Gasteiger partial charge < -0.3 is 5.32 Å². The van der Waals surface area contributed by atoms with Crippen molar-refractivity contribution in [1.29, 1.82) is 0 Å². The van der Waals surface area contributed by atoms with Gasteiger partial charge in [-0.1, -0.05) is 22.0 Å². The number of halogens is 2. The van der Waals surface area contributed by atoms with Crippen LogP contribution in [0.1, 0.15) is 44.2 Å². The average molecular weight is 341 g/mol. The van der Waals surface area contributed by atoms with E-state index in [4.69, 9.17) is 0 Å². The molecule has 20 heavy (non-hydrogen) atoms. The Morgan fingerprint density at radius 2 is 2.20 bits per heavy atom. The van der Waals surface area contributed by atoms with Crippen LogP contribution in [0, 0.1) is 5.82 Å². The van der Waals surface area contributed by atoms with E-state index in [1.165, 1.54) is 31.2 Å². The van der Waals surface area contributed by atoms with Crippen molar-refractivity contribution in [1.82, 2.24) is 10.2 Å². The molecular formula is C16H22BrFN2. The van der Waals surface area contributed by atoms with Gasteiger partial charge in [0.1, 0.15) is 5.82 Å². The number of hydrogen-bond donors (Lipinski definition) is 1. The Bertz CT molecular complexity index is 474. The fourth-order valence-electron chi connectivity index (χ4n) is 3.79. The van der Waals surface area contributed by atoms with Gasteiger partial charge in [-0.05, 0) is 63.4 Å². The minimum Gasteiger partial charge on any atom is -0.312 e. The van der Waals surface area contributed by atoms with Crippen LogP contribution >= 0.6 is 15.9 Å². The van der Waals surface area contributed by atoms with Crippen LogP contribution in [0.3, 0.4) is 0 Å². The lowest BCUT2D eigenvalue weighted by Gasteiger charge is -2.35. The summed E-state index contributed by atoms with van der Waals surface area (Å²) in [5.41, 5.74) is 1.19. The van der Waals surface area contributed by atoms with Crippen LogP contribution in [0.15, 0.2) is 22.7 Å². The van der Waals surface area contributed by atoms with Crippen molar-refractivity contribution in [2.75, 3.05) is 13.1 Å². The van der Waals surface area contributed by atoms with E-state index in [-0.39, 0.29) is 5.82 Å². The molecule has 2 saturated heterocycles. The van der Waals surface area contributed by atoms with Gasteiger partial charge in [0.25, 0.3) is 0 Å². The molecule has 0 saturated carbocycles. The molecule has 3 rings (SSSR count). The van der Waals surface area contributed by atoms with Gasteiger partial charge in [-0.2, -0.15) is 0 Å². The van der Waals surface area contributed by atoms with Gasteiger partial charge in [-0.25, -0.2) is 4.39 Å². The highest BCUT2D eigenvalue weighted by Gasteiger charge is 2.36. The zero-order valence-electron chi connectivity index (χ0n) is 11.9. The summed E-state index contributed by atoms with van der Waals surface area (Å²) in [5, 5.41) is 3.65. The van der Waals surface area contributed by atoms with Gasteiger partial charge in [-0.3, -0.25) is 4.90 Å². The number of nitrogens with zero attached hydrogens (tertiary/aromatic N) is 1. The highest BCUT2D eigenvalue weighted by Crippen LogP contribution is 2.35. The Kier molecular flexibility index (Phi) is 4.43. The maximum atomic E-state index is 13.3. The summed E-state index contributed by atoms with van der Waals surface area (Å²) in [7, 11) is 0. The highest BCUT2D eigenvalue weighted by atomic mass is 79.9. The lowest BCUT2D eigenvalue weighted by atomic mass is 10.0. The molecule has 1 aromatic carbocycles. The minimum atomic E-state index is -0.178. The lowest BCUT2D eigenvalue weighted by molar-refractivity contribution is 0.163. The average Bonchev–Trinajstić information content (AvgIpc) is 3.09. The molecule has 0 aliphatic carbocycles. The normalized spacial score (nSPS) is 28.9. The van der Waals surface area contributed by atoms with Gasteiger partial charge in [0.05, 0.1) is 0 Å². The van der Waals surface area contributed by atoms with Crippen molar-refractivity contribution < 1.29 is 4.39 Å². The minimum absolute atomic E-state index is 0.178. The second kappa shape index (κ2) is 6.12. The Balaban J connectivity index is 1.79. The largest absolute Gasteiger partial charge is 0.312 e. The summed E-state index contributed by atoms with van der Waals surface area (Å²) >= 11 is 3.52. The topological polar surface area (TPSA) is 15.3 Å². The van der Waals surface area contributed by atoms with Crippen LogP contribution in [0.25, 0.3) is 0 Å². The summed E-state index contributed by atoms with van der Waals surface area (Å²) in [4.78, 5) is 2.60. The first-order valence-corrected chi connectivity index (χ1v) is 8.40. The van der Waals surface area contributed by atoms with E-state index in [1.54, 1.807) is 12.1 Å². The molecule has 2 aliphatic rings. The maximum Gasteiger partial charge on any atom is 0.124 e. The zero-order valence-corrected chi connectivity index (χ0v) is 13.5. The second-order valence-corrected chi connectivity index (χ2v) is 6.85. The van der Waals surface area contributed by atoms with Crippen LogP contribution in [-0.4, -0.2) is 30.1 Å². The Morgan fingerprint density at radius 1 is 1.35 bits per heavy atom. The van der Waals surface area contributed by atoms with E-state index >= 15 is 0 Å². The molecule has 3 unspecified atom stereocenters. The van der Waals surface area contributed by atoms with E-state index in [2.05, 4.69) is 33.1 Å². The second-order valence-electron chi connectivity index (χ2n) is 5.99. The van der Waals surface area contributed by atoms with Crippen molar-refractivity contribution in [2.45, 2.75) is 50.7 Å². The molecule has 2 aliphatic heterocycles. The van der Waals surface area contributed by atoms with Crippen molar-refractivity contribution in [3.05, 3.63) is 34.1 Å². The smallest absolute Gasteiger partial charge is 0.124 e. The number of likely N-dealkylation sites (tertiary alicyclic amines) is 1. The van der Waals surface area contributed by atoms with Gasteiger partial charge >= 0.3 is 0 Å². The van der Waals surface area contributed by atoms with Crippen LogP contribution in [0.2, 0.25) is 0 Å². The molecule has 0 amide bonds. The van der Waals surface area contributed by atoms with Crippen molar-refractivity contribution >= 4 is 15.9 Å². The SMILES string of the molecule is CC(c1ccc(F)cc1Br)N1CCCC1C1CCCN1. The van der Waals surface area contributed by atoms with E-state index in [9.17, 15) is 4.39 Å². The van der Waals surface area contributed by atoms with E-state index in [1.807, 2.05) is 6.07 Å². The highest BCUT2D eigenvalue weighted by molar-refractivity contribution is 9.10. The van der Waals surface area contributed by atoms with E-state index < -0.39 is 0 Å². The van der Waals surface area contributed by atoms with Gasteiger partial charge in [0.15, 0.2) is 0 Å². The molecule has 2 fully saturated rings. The molecule has 2 nitrogen and oxygen atoms in total. The molecule has 3 atom stereocenters. The first kappa shape index (κ1) is 14.5. The third-order valence-electron chi connectivity index (χ3n) is 4.82. The maximum absolute atomic E-state index is 13.3. The summed E-state index contributed by atoms with van der Waals surface area (Å²) in [6.07, 6.45) is 5.13. The molecule has 4 heteroatoms. The number of benzene rings is 1. The molecule has 1 N–H and O–H groups in total. The molecule has 0 aromatic heterocycles. The van der Waals surface area contributed by atoms with Crippen molar-refractivity contribution in [3.8, 4) is 0 Å². The standard InChI is InChI=1S/C16H22BrFN2/c1-11(13-7-6-12(18)10-14(13)17)20-9-3-5-16(20)15-4-2-8-19-15/h6-7,10-11,15-16,19H,2-5,8-9H2,1H3. The van der Waals surface area contributed by atoms with Gasteiger partial charge in [0.2, 0.25) is 0 Å². The fraction of sp³-hybridized carbons (Fsp3) is 0.625. The predicted octanol–water partition coefficient (Wildman–Crippen LogP) is 3.87. The summed E-state index contributed by atoms with van der Waals surface area (Å²) in [6, 6.07) is 6.66. The molecule has 1 aromatic rings. The zero-order chi connectivity index (χ0) is 14.1. The molecule has 2 heterocycles. The Hall–Kier alpha value is -0.450. The number of rotatable bonds is 3. The lowest BCUT2D eigenvalue weighted by Crippen LogP contribution is -2.44. The van der Waals surface area contributed by atoms with E-state index in [0.29, 0.717) is 18.1 Å². The molecule has 0 radical (unpaired) electrons. The van der Waals surface area contributed by atoms with Gasteiger partial charge in [-0.15, -0.1) is 0 Å². The summed E-state index contributed by atoms with van der Waals surface area (Å²) in [6.45, 7) is 4.54. The first-order chi connectivity index (χ1) is 9.66. The molecule has 0 bridgehead atoms. The summed E-state index contributed by atoms with van der Waals surface area (Å²) < 4.78 is 14.1. The number of nitrogens with one attached hydrogen (secondary N) is 1. The summed E-state index contributed by atoms with van der Waals surface area (Å²) in [5.74, 6) is -0.178. The third-order valence-corrected chi connectivity index (χ3v) is 5.50. The first-order valence-electron chi connectivity index (χ1n) is 7.61. The van der Waals surface area contributed by atoms with Gasteiger partial charge in [0, 0.05) is 22.6 Å². The van der Waals surface area contributed by atoms with Crippen LogP contribution in [0.5, 0.6) is 0 Å². The molecule has 0 spiro atoms. The quantitative estimate of drug-likeness (QED) is 0.898.